The molecular weight excluding hydrogens is 308 g/mol. The van der Waals surface area contributed by atoms with Crippen molar-refractivity contribution in [3.05, 3.63) is 61.4 Å². The van der Waals surface area contributed by atoms with Gasteiger partial charge in [0.2, 0.25) is 11.6 Å². The monoisotopic (exact) mass is 318 g/mol. The minimum absolute atomic E-state index is 0.189. The van der Waals surface area contributed by atoms with Gasteiger partial charge < -0.3 is 9.72 Å². The molecule has 118 valence electrons. The van der Waals surface area contributed by atoms with Crippen LogP contribution in [0, 0.1) is 23.3 Å². The smallest absolute Gasteiger partial charge is 0.325 e. The van der Waals surface area contributed by atoms with E-state index in [1.807, 2.05) is 4.98 Å². The summed E-state index contributed by atoms with van der Waals surface area (Å²) in [6, 6.07) is 0. The Hall–Kier alpha value is -2.58. The summed E-state index contributed by atoms with van der Waals surface area (Å²) < 4.78 is 59.7. The van der Waals surface area contributed by atoms with Gasteiger partial charge in [0.25, 0.3) is 5.56 Å². The largest absolute Gasteiger partial charge is 0.488 e. The van der Waals surface area contributed by atoms with Crippen molar-refractivity contribution in [1.82, 2.24) is 9.97 Å². The molecule has 2 aromatic rings. The Bertz CT molecular complexity index is 800. The first-order valence-corrected chi connectivity index (χ1v) is 6.15. The lowest BCUT2D eigenvalue weighted by Crippen LogP contribution is -2.25. The highest BCUT2D eigenvalue weighted by atomic mass is 19.2. The average Bonchev–Trinajstić information content (AvgIpc) is 2.48. The van der Waals surface area contributed by atoms with E-state index in [1.54, 1.807) is 0 Å². The number of aromatic nitrogens is 2. The minimum Gasteiger partial charge on any atom is -0.488 e. The lowest BCUT2D eigenvalue weighted by atomic mass is 10.0. The number of aromatic amines is 2. The van der Waals surface area contributed by atoms with Crippen molar-refractivity contribution in [3.63, 3.8) is 0 Å². The molecule has 1 heterocycles. The molecule has 0 spiro atoms. The number of nitrogens with one attached hydrogen (secondary N) is 2. The molecule has 0 fully saturated rings. The fourth-order valence-corrected chi connectivity index (χ4v) is 1.84. The van der Waals surface area contributed by atoms with E-state index in [2.05, 4.69) is 9.72 Å². The van der Waals surface area contributed by atoms with Gasteiger partial charge in [-0.3, -0.25) is 9.78 Å². The van der Waals surface area contributed by atoms with Crippen LogP contribution >= 0.6 is 0 Å². The second-order valence-corrected chi connectivity index (χ2v) is 4.27. The van der Waals surface area contributed by atoms with Gasteiger partial charge in [-0.05, 0) is 6.92 Å². The van der Waals surface area contributed by atoms with E-state index in [4.69, 9.17) is 0 Å². The SMILES string of the molecule is CCOc1c(F)c(F)c(Cc2c[nH]c(=O)[nH]c2=O)c(F)c1F. The van der Waals surface area contributed by atoms with Crippen LogP contribution in [0.5, 0.6) is 5.75 Å². The Labute approximate surface area is 120 Å². The number of hydrogen-bond acceptors (Lipinski definition) is 3. The van der Waals surface area contributed by atoms with Crippen molar-refractivity contribution >= 4 is 0 Å². The van der Waals surface area contributed by atoms with Crippen LogP contribution in [0.2, 0.25) is 0 Å². The van der Waals surface area contributed by atoms with E-state index >= 15 is 0 Å². The molecule has 1 aromatic heterocycles. The van der Waals surface area contributed by atoms with Crippen LogP contribution in [0.15, 0.2) is 15.8 Å². The predicted molar refractivity (Wildman–Crippen MR) is 67.9 cm³/mol. The van der Waals surface area contributed by atoms with Crippen molar-refractivity contribution in [2.45, 2.75) is 13.3 Å². The summed E-state index contributed by atoms with van der Waals surface area (Å²) in [5, 5.41) is 0. The van der Waals surface area contributed by atoms with Gasteiger partial charge in [0.1, 0.15) is 0 Å². The van der Waals surface area contributed by atoms with E-state index < -0.39 is 52.3 Å². The molecule has 0 saturated heterocycles. The van der Waals surface area contributed by atoms with Crippen LogP contribution in [-0.4, -0.2) is 16.6 Å². The summed E-state index contributed by atoms with van der Waals surface area (Å²) in [7, 11) is 0. The van der Waals surface area contributed by atoms with E-state index in [0.29, 0.717) is 0 Å². The number of hydrogen-bond donors (Lipinski definition) is 2. The third-order valence-corrected chi connectivity index (χ3v) is 2.87. The zero-order chi connectivity index (χ0) is 16.4. The second kappa shape index (κ2) is 6.04. The van der Waals surface area contributed by atoms with Crippen molar-refractivity contribution in [2.75, 3.05) is 6.61 Å². The van der Waals surface area contributed by atoms with Gasteiger partial charge in [0.15, 0.2) is 17.4 Å². The van der Waals surface area contributed by atoms with Gasteiger partial charge in [0, 0.05) is 23.7 Å². The van der Waals surface area contributed by atoms with E-state index in [1.165, 1.54) is 6.92 Å². The van der Waals surface area contributed by atoms with Gasteiger partial charge in [-0.2, -0.15) is 8.78 Å². The highest BCUT2D eigenvalue weighted by molar-refractivity contribution is 5.36. The van der Waals surface area contributed by atoms with Crippen molar-refractivity contribution in [1.29, 1.82) is 0 Å². The van der Waals surface area contributed by atoms with Crippen LogP contribution in [0.4, 0.5) is 17.6 Å². The number of ether oxygens (including phenoxy) is 1. The molecule has 0 aliphatic heterocycles. The third-order valence-electron chi connectivity index (χ3n) is 2.87. The topological polar surface area (TPSA) is 75.0 Å². The number of H-pyrrole nitrogens is 2. The van der Waals surface area contributed by atoms with E-state index in [0.717, 1.165) is 6.20 Å². The maximum absolute atomic E-state index is 13.9. The molecule has 9 heteroatoms. The minimum atomic E-state index is -1.68. The summed E-state index contributed by atoms with van der Waals surface area (Å²) in [6.45, 7) is 1.20. The molecular formula is C13H10F4N2O3. The summed E-state index contributed by atoms with van der Waals surface area (Å²) in [5.74, 6) is -7.84. The van der Waals surface area contributed by atoms with Gasteiger partial charge in [-0.1, -0.05) is 0 Å². The molecule has 1 aromatic carbocycles. The Morgan fingerprint density at radius 3 is 2.14 bits per heavy atom. The van der Waals surface area contributed by atoms with Crippen LogP contribution in [0.1, 0.15) is 18.1 Å². The zero-order valence-corrected chi connectivity index (χ0v) is 11.2. The Balaban J connectivity index is 2.57. The van der Waals surface area contributed by atoms with Crippen molar-refractivity contribution < 1.29 is 22.3 Å². The summed E-state index contributed by atoms with van der Waals surface area (Å²) in [5.41, 5.74) is -2.98. The first-order valence-electron chi connectivity index (χ1n) is 6.15. The molecule has 0 bridgehead atoms. The van der Waals surface area contributed by atoms with E-state index in [9.17, 15) is 27.2 Å². The molecule has 0 radical (unpaired) electrons. The maximum Gasteiger partial charge on any atom is 0.325 e. The summed E-state index contributed by atoms with van der Waals surface area (Å²) in [6.07, 6.45) is 0.163. The molecule has 0 unspecified atom stereocenters. The first-order chi connectivity index (χ1) is 10.4. The van der Waals surface area contributed by atoms with Gasteiger partial charge in [-0.25, -0.2) is 13.6 Å². The average molecular weight is 318 g/mol. The maximum atomic E-state index is 13.9. The van der Waals surface area contributed by atoms with Crippen LogP contribution in [0.25, 0.3) is 0 Å². The normalized spacial score (nSPS) is 10.8. The summed E-state index contributed by atoms with van der Waals surface area (Å²) in [4.78, 5) is 26.3. The van der Waals surface area contributed by atoms with Gasteiger partial charge >= 0.3 is 5.69 Å². The molecule has 0 aliphatic carbocycles. The first kappa shape index (κ1) is 15.8. The molecule has 0 atom stereocenters. The second-order valence-electron chi connectivity index (χ2n) is 4.27. The predicted octanol–water partition coefficient (Wildman–Crippen LogP) is 1.61. The summed E-state index contributed by atoms with van der Waals surface area (Å²) >= 11 is 0. The molecule has 2 N–H and O–H groups in total. The quantitative estimate of drug-likeness (QED) is 0.664. The lowest BCUT2D eigenvalue weighted by molar-refractivity contribution is 0.285. The zero-order valence-electron chi connectivity index (χ0n) is 11.2. The van der Waals surface area contributed by atoms with Crippen molar-refractivity contribution in [3.8, 4) is 5.75 Å². The fourth-order valence-electron chi connectivity index (χ4n) is 1.84. The molecule has 0 amide bonds. The highest BCUT2D eigenvalue weighted by Crippen LogP contribution is 2.30. The van der Waals surface area contributed by atoms with Crippen LogP contribution in [0.3, 0.4) is 0 Å². The van der Waals surface area contributed by atoms with Crippen LogP contribution in [-0.2, 0) is 6.42 Å². The lowest BCUT2D eigenvalue weighted by Gasteiger charge is -2.11. The van der Waals surface area contributed by atoms with Crippen molar-refractivity contribution in [2.24, 2.45) is 0 Å². The molecule has 0 saturated carbocycles. The number of halogens is 4. The fraction of sp³-hybridized carbons (Fsp3) is 0.231. The van der Waals surface area contributed by atoms with Crippen LogP contribution < -0.4 is 16.0 Å². The van der Waals surface area contributed by atoms with Gasteiger partial charge in [-0.15, -0.1) is 0 Å². The third kappa shape index (κ3) is 2.74. The molecule has 5 nitrogen and oxygen atoms in total. The molecule has 0 aliphatic rings. The molecule has 2 rings (SSSR count). The highest BCUT2D eigenvalue weighted by Gasteiger charge is 2.27. The van der Waals surface area contributed by atoms with Gasteiger partial charge in [0.05, 0.1) is 6.61 Å². The Kier molecular flexibility index (Phi) is 4.34. The van der Waals surface area contributed by atoms with E-state index in [-0.39, 0.29) is 12.2 Å². The number of rotatable bonds is 4. The molecule has 22 heavy (non-hydrogen) atoms. The Morgan fingerprint density at radius 2 is 1.64 bits per heavy atom. The standard InChI is InChI=1S/C13H10F4N2O3/c1-2-22-11-9(16)7(14)6(8(15)10(11)17)3-5-4-18-13(21)19-12(5)20/h4H,2-3H2,1H3,(H2,18,19,20,21). The number of benzene rings is 1. The Morgan fingerprint density at radius 1 is 1.05 bits per heavy atom.